The van der Waals surface area contributed by atoms with E-state index in [1.165, 1.54) is 13.2 Å². The molecule has 1 atom stereocenters. The lowest BCUT2D eigenvalue weighted by Crippen LogP contribution is -2.41. The molecule has 7 heteroatoms. The molecule has 1 unspecified atom stereocenters. The molecule has 1 amide bonds. The molecule has 0 aromatic heterocycles. The minimum absolute atomic E-state index is 0.0239. The van der Waals surface area contributed by atoms with Gasteiger partial charge in [-0.25, -0.2) is 9.18 Å². The van der Waals surface area contributed by atoms with Crippen LogP contribution in [0.4, 0.5) is 15.8 Å². The number of fused-ring (bicyclic) bond motifs is 1. The highest BCUT2D eigenvalue weighted by Crippen LogP contribution is 2.32. The van der Waals surface area contributed by atoms with Crippen molar-refractivity contribution in [2.24, 2.45) is 0 Å². The van der Waals surface area contributed by atoms with Crippen LogP contribution in [0.3, 0.4) is 0 Å². The number of methoxy groups -OCH3 is 1. The van der Waals surface area contributed by atoms with Crippen molar-refractivity contribution < 1.29 is 23.8 Å². The number of amides is 1. The smallest absolute Gasteiger partial charge is 0.336 e. The zero-order valence-electron chi connectivity index (χ0n) is 12.7. The lowest BCUT2D eigenvalue weighted by molar-refractivity contribution is -0.149. The Labute approximate surface area is 127 Å². The fraction of sp³-hybridized carbons (Fsp3) is 0.467. The maximum atomic E-state index is 14.1. The van der Waals surface area contributed by atoms with Gasteiger partial charge in [-0.05, 0) is 31.5 Å². The molecule has 2 rings (SSSR count). The maximum absolute atomic E-state index is 14.1. The second-order valence-corrected chi connectivity index (χ2v) is 5.47. The molecule has 1 heterocycles. The second kappa shape index (κ2) is 6.31. The van der Waals surface area contributed by atoms with Gasteiger partial charge in [0.15, 0.2) is 6.10 Å². The van der Waals surface area contributed by atoms with Crippen molar-refractivity contribution in [3.63, 3.8) is 0 Å². The number of halogens is 1. The molecule has 6 nitrogen and oxygen atoms in total. The molecule has 0 radical (unpaired) electrons. The lowest BCUT2D eigenvalue weighted by Gasteiger charge is -2.30. The van der Waals surface area contributed by atoms with E-state index in [0.29, 0.717) is 11.3 Å². The quantitative estimate of drug-likeness (QED) is 0.795. The van der Waals surface area contributed by atoms with Gasteiger partial charge in [-0.2, -0.15) is 0 Å². The first-order valence-electron chi connectivity index (χ1n) is 6.98. The van der Waals surface area contributed by atoms with Gasteiger partial charge in [0, 0.05) is 11.7 Å². The van der Waals surface area contributed by atoms with Crippen molar-refractivity contribution in [2.75, 3.05) is 23.9 Å². The predicted molar refractivity (Wildman–Crippen MR) is 79.2 cm³/mol. The summed E-state index contributed by atoms with van der Waals surface area (Å²) in [7, 11) is 1.19. The number of nitrogens with one attached hydrogen (secondary N) is 1. The number of anilines is 2. The van der Waals surface area contributed by atoms with Crippen molar-refractivity contribution in [3.05, 3.63) is 23.5 Å². The first-order chi connectivity index (χ1) is 10.3. The average molecular weight is 310 g/mol. The number of rotatable bonds is 5. The van der Waals surface area contributed by atoms with Crippen LogP contribution in [0.1, 0.15) is 19.4 Å². The van der Waals surface area contributed by atoms with Crippen LogP contribution in [0.2, 0.25) is 0 Å². The summed E-state index contributed by atoms with van der Waals surface area (Å²) in [6, 6.07) is 2.90. The van der Waals surface area contributed by atoms with E-state index in [2.05, 4.69) is 10.1 Å². The number of hydrogen-bond donors (Lipinski definition) is 2. The summed E-state index contributed by atoms with van der Waals surface area (Å²) in [6.07, 6.45) is -1.21. The number of aliphatic hydroxyl groups is 1. The van der Waals surface area contributed by atoms with E-state index in [1.807, 2.05) is 13.8 Å². The van der Waals surface area contributed by atoms with Crippen LogP contribution < -0.4 is 10.2 Å². The number of carbonyl (C=O) groups is 2. The molecule has 0 saturated carbocycles. The summed E-state index contributed by atoms with van der Waals surface area (Å²) in [5, 5.41) is 12.3. The minimum Gasteiger partial charge on any atom is -0.467 e. The van der Waals surface area contributed by atoms with E-state index in [1.54, 1.807) is 11.0 Å². The van der Waals surface area contributed by atoms with Crippen molar-refractivity contribution in [1.29, 1.82) is 0 Å². The van der Waals surface area contributed by atoms with E-state index in [0.717, 1.165) is 0 Å². The van der Waals surface area contributed by atoms with Crippen molar-refractivity contribution in [3.8, 4) is 0 Å². The number of ether oxygens (including phenoxy) is 1. The number of hydrogen-bond acceptors (Lipinski definition) is 5. The Kier molecular flexibility index (Phi) is 4.65. The van der Waals surface area contributed by atoms with Crippen molar-refractivity contribution in [2.45, 2.75) is 32.4 Å². The van der Waals surface area contributed by atoms with Gasteiger partial charge in [0.2, 0.25) is 5.91 Å². The van der Waals surface area contributed by atoms with Crippen LogP contribution in [-0.2, 0) is 20.7 Å². The highest BCUT2D eigenvalue weighted by atomic mass is 19.1. The van der Waals surface area contributed by atoms with Gasteiger partial charge in [-0.1, -0.05) is 0 Å². The molecule has 22 heavy (non-hydrogen) atoms. The zero-order valence-corrected chi connectivity index (χ0v) is 12.7. The molecular formula is C15H19FN2O4. The monoisotopic (exact) mass is 310 g/mol. The average Bonchev–Trinajstić information content (AvgIpc) is 2.84. The van der Waals surface area contributed by atoms with Gasteiger partial charge >= 0.3 is 5.97 Å². The maximum Gasteiger partial charge on any atom is 0.336 e. The summed E-state index contributed by atoms with van der Waals surface area (Å²) in [6.45, 7) is 3.70. The minimum atomic E-state index is -1.33. The molecule has 1 aliphatic rings. The van der Waals surface area contributed by atoms with E-state index < -0.39 is 17.9 Å². The topological polar surface area (TPSA) is 78.9 Å². The van der Waals surface area contributed by atoms with Crippen LogP contribution >= 0.6 is 0 Å². The van der Waals surface area contributed by atoms with Crippen LogP contribution in [0, 0.1) is 5.82 Å². The molecule has 1 aromatic carbocycles. The van der Waals surface area contributed by atoms with Crippen molar-refractivity contribution >= 4 is 23.3 Å². The third-order valence-electron chi connectivity index (χ3n) is 3.57. The van der Waals surface area contributed by atoms with Crippen LogP contribution in [0.5, 0.6) is 0 Å². The number of aliphatic hydroxyl groups excluding tert-OH is 1. The van der Waals surface area contributed by atoms with Crippen LogP contribution in [0.25, 0.3) is 0 Å². The number of nitrogens with zero attached hydrogens (tertiary/aromatic N) is 1. The third kappa shape index (κ3) is 3.19. The first kappa shape index (κ1) is 16.2. The summed E-state index contributed by atoms with van der Waals surface area (Å²) >= 11 is 0. The lowest BCUT2D eigenvalue weighted by atomic mass is 10.1. The van der Waals surface area contributed by atoms with Gasteiger partial charge < -0.3 is 20.1 Å². The molecule has 1 aromatic rings. The molecule has 0 bridgehead atoms. The second-order valence-electron chi connectivity index (χ2n) is 5.47. The molecule has 0 saturated heterocycles. The summed E-state index contributed by atoms with van der Waals surface area (Å²) in [5.74, 6) is -1.53. The molecule has 120 valence electrons. The standard InChI is InChI=1S/C15H19FN2O4/c1-8(2)18(7-12(19)15(21)22-3)10-4-9-5-13(20)17-14(9)11(16)6-10/h4,6,8,12,19H,5,7H2,1-3H3,(H,17,20). The van der Waals surface area contributed by atoms with Gasteiger partial charge in [-0.15, -0.1) is 0 Å². The highest BCUT2D eigenvalue weighted by molar-refractivity contribution is 5.99. The Morgan fingerprint density at radius 2 is 2.18 bits per heavy atom. The van der Waals surface area contributed by atoms with E-state index in [4.69, 9.17) is 0 Å². The third-order valence-corrected chi connectivity index (χ3v) is 3.57. The predicted octanol–water partition coefficient (Wildman–Crippen LogP) is 1.07. The molecule has 2 N–H and O–H groups in total. The van der Waals surface area contributed by atoms with E-state index in [9.17, 15) is 19.1 Å². The highest BCUT2D eigenvalue weighted by Gasteiger charge is 2.26. The first-order valence-corrected chi connectivity index (χ1v) is 6.98. The summed E-state index contributed by atoms with van der Waals surface area (Å²) in [4.78, 5) is 24.4. The fourth-order valence-electron chi connectivity index (χ4n) is 2.46. The Bertz CT molecular complexity index is 603. The Morgan fingerprint density at radius 1 is 1.50 bits per heavy atom. The van der Waals surface area contributed by atoms with Gasteiger partial charge in [0.05, 0.1) is 25.8 Å². The van der Waals surface area contributed by atoms with E-state index >= 15 is 0 Å². The Morgan fingerprint density at radius 3 is 2.77 bits per heavy atom. The normalized spacial score (nSPS) is 14.5. The summed E-state index contributed by atoms with van der Waals surface area (Å²) < 4.78 is 18.6. The zero-order chi connectivity index (χ0) is 16.4. The van der Waals surface area contributed by atoms with Crippen LogP contribution in [-0.4, -0.2) is 42.8 Å². The van der Waals surface area contributed by atoms with E-state index in [-0.39, 0.29) is 30.6 Å². The Hall–Kier alpha value is -2.15. The Balaban J connectivity index is 2.30. The number of carbonyl (C=O) groups excluding carboxylic acids is 2. The number of esters is 1. The molecule has 0 fully saturated rings. The summed E-state index contributed by atoms with van der Waals surface area (Å²) in [5.41, 5.74) is 1.27. The largest absolute Gasteiger partial charge is 0.467 e. The SMILES string of the molecule is COC(=O)C(O)CN(c1cc(F)c2c(c1)CC(=O)N2)C(C)C. The van der Waals surface area contributed by atoms with Crippen molar-refractivity contribution in [1.82, 2.24) is 0 Å². The number of benzene rings is 1. The molecular weight excluding hydrogens is 291 g/mol. The molecule has 1 aliphatic heterocycles. The molecule has 0 spiro atoms. The van der Waals surface area contributed by atoms with Gasteiger partial charge in [0.25, 0.3) is 0 Å². The van der Waals surface area contributed by atoms with Crippen LogP contribution in [0.15, 0.2) is 12.1 Å². The fourth-order valence-corrected chi connectivity index (χ4v) is 2.46. The molecule has 0 aliphatic carbocycles. The van der Waals surface area contributed by atoms with Gasteiger partial charge in [-0.3, -0.25) is 4.79 Å². The van der Waals surface area contributed by atoms with Gasteiger partial charge in [0.1, 0.15) is 5.82 Å².